The van der Waals surface area contributed by atoms with Gasteiger partial charge in [-0.25, -0.2) is 4.79 Å². The Kier molecular flexibility index (Phi) is 3.23. The second-order valence-electron chi connectivity index (χ2n) is 4.42. The minimum absolute atomic E-state index is 0.112. The van der Waals surface area contributed by atoms with Crippen LogP contribution in [0.5, 0.6) is 0 Å². The zero-order chi connectivity index (χ0) is 13.3. The van der Waals surface area contributed by atoms with E-state index in [9.17, 15) is 9.59 Å². The summed E-state index contributed by atoms with van der Waals surface area (Å²) in [6.45, 7) is 3.99. The molecule has 0 aliphatic carbocycles. The first-order valence-corrected chi connectivity index (χ1v) is 5.74. The number of carbonyl (C=O) groups excluding carboxylic acids is 1. The topological polar surface area (TPSA) is 66.8 Å². The van der Waals surface area contributed by atoms with E-state index < -0.39 is 18.1 Å². The highest BCUT2D eigenvalue weighted by atomic mass is 16.6. The summed E-state index contributed by atoms with van der Waals surface area (Å²) in [6.07, 6.45) is -0.589. The summed E-state index contributed by atoms with van der Waals surface area (Å²) in [5.41, 5.74) is 2.75. The number of hydrogen-bond acceptors (Lipinski definition) is 3. The van der Waals surface area contributed by atoms with Crippen LogP contribution in [0, 0.1) is 13.8 Å². The molecule has 1 aliphatic rings. The summed E-state index contributed by atoms with van der Waals surface area (Å²) < 4.78 is 4.95. The molecule has 1 atom stereocenters. The van der Waals surface area contributed by atoms with Gasteiger partial charge in [0.1, 0.15) is 6.61 Å². The second kappa shape index (κ2) is 4.68. The maximum atomic E-state index is 11.7. The van der Waals surface area contributed by atoms with Gasteiger partial charge in [0, 0.05) is 0 Å². The van der Waals surface area contributed by atoms with Crippen LogP contribution in [-0.4, -0.2) is 29.8 Å². The molecular weight excluding hydrogens is 234 g/mol. The number of cyclic esters (lactones) is 1. The highest BCUT2D eigenvalue weighted by Crippen LogP contribution is 2.29. The molecule has 5 nitrogen and oxygen atoms in total. The molecule has 1 saturated heterocycles. The van der Waals surface area contributed by atoms with Crippen LogP contribution in [0.15, 0.2) is 18.2 Å². The van der Waals surface area contributed by atoms with E-state index in [1.165, 1.54) is 4.90 Å². The monoisotopic (exact) mass is 249 g/mol. The lowest BCUT2D eigenvalue weighted by Crippen LogP contribution is -2.35. The van der Waals surface area contributed by atoms with Crippen molar-refractivity contribution in [3.63, 3.8) is 0 Å². The number of aryl methyl sites for hydroxylation is 1. The van der Waals surface area contributed by atoms with Gasteiger partial charge in [-0.05, 0) is 31.0 Å². The maximum Gasteiger partial charge on any atom is 0.414 e. The highest BCUT2D eigenvalue weighted by molar-refractivity contribution is 5.92. The summed E-state index contributed by atoms with van der Waals surface area (Å²) in [5.74, 6) is -0.936. The minimum atomic E-state index is -0.936. The predicted molar refractivity (Wildman–Crippen MR) is 65.8 cm³/mol. The summed E-state index contributed by atoms with van der Waals surface area (Å²) in [7, 11) is 0. The van der Waals surface area contributed by atoms with Crippen molar-refractivity contribution in [1.29, 1.82) is 0 Å². The van der Waals surface area contributed by atoms with Gasteiger partial charge >= 0.3 is 12.1 Å². The Balaban J connectivity index is 2.36. The molecule has 1 amide bonds. The number of hydrogen-bond donors (Lipinski definition) is 1. The van der Waals surface area contributed by atoms with E-state index in [1.807, 2.05) is 32.0 Å². The van der Waals surface area contributed by atoms with E-state index in [1.54, 1.807) is 0 Å². The van der Waals surface area contributed by atoms with Crippen LogP contribution in [0.3, 0.4) is 0 Å². The summed E-state index contributed by atoms with van der Waals surface area (Å²) >= 11 is 0. The molecule has 96 valence electrons. The molecule has 1 N–H and O–H groups in total. The van der Waals surface area contributed by atoms with Crippen molar-refractivity contribution >= 4 is 17.7 Å². The minimum Gasteiger partial charge on any atom is -0.481 e. The van der Waals surface area contributed by atoms with Gasteiger partial charge in [-0.15, -0.1) is 0 Å². The number of ether oxygens (including phenoxy) is 1. The Morgan fingerprint density at radius 3 is 2.89 bits per heavy atom. The smallest absolute Gasteiger partial charge is 0.414 e. The third-order valence-electron chi connectivity index (χ3n) is 3.21. The summed E-state index contributed by atoms with van der Waals surface area (Å²) in [4.78, 5) is 24.0. The molecule has 2 rings (SSSR count). The van der Waals surface area contributed by atoms with Gasteiger partial charge < -0.3 is 9.84 Å². The van der Waals surface area contributed by atoms with Crippen LogP contribution in [0.25, 0.3) is 0 Å². The van der Waals surface area contributed by atoms with Crippen molar-refractivity contribution in [2.75, 3.05) is 11.5 Å². The van der Waals surface area contributed by atoms with Crippen molar-refractivity contribution in [2.45, 2.75) is 26.3 Å². The van der Waals surface area contributed by atoms with Crippen LogP contribution >= 0.6 is 0 Å². The molecule has 1 aliphatic heterocycles. The van der Waals surface area contributed by atoms with E-state index in [0.29, 0.717) is 0 Å². The third-order valence-corrected chi connectivity index (χ3v) is 3.21. The molecular formula is C13H15NO4. The zero-order valence-corrected chi connectivity index (χ0v) is 10.3. The van der Waals surface area contributed by atoms with Gasteiger partial charge in [0.2, 0.25) is 0 Å². The van der Waals surface area contributed by atoms with E-state index in [2.05, 4.69) is 0 Å². The van der Waals surface area contributed by atoms with E-state index in [-0.39, 0.29) is 13.0 Å². The van der Waals surface area contributed by atoms with Crippen molar-refractivity contribution in [1.82, 2.24) is 0 Å². The van der Waals surface area contributed by atoms with E-state index >= 15 is 0 Å². The molecule has 1 aromatic carbocycles. The van der Waals surface area contributed by atoms with Crippen molar-refractivity contribution in [2.24, 2.45) is 0 Å². The fourth-order valence-corrected chi connectivity index (χ4v) is 2.10. The first kappa shape index (κ1) is 12.4. The van der Waals surface area contributed by atoms with Gasteiger partial charge in [0.15, 0.2) is 0 Å². The summed E-state index contributed by atoms with van der Waals surface area (Å²) in [6, 6.07) is 5.17. The molecule has 1 aromatic rings. The normalized spacial score (nSPS) is 18.9. The van der Waals surface area contributed by atoms with Crippen LogP contribution < -0.4 is 4.90 Å². The van der Waals surface area contributed by atoms with Crippen LogP contribution in [-0.2, 0) is 9.53 Å². The Labute approximate surface area is 105 Å². The number of carboxylic acid groups (broad SMARTS) is 1. The molecule has 5 heteroatoms. The standard InChI is InChI=1S/C13H15NO4/c1-8-4-3-5-11(9(8)2)14-10(6-12(15)16)7-18-13(14)17/h3-5,10H,6-7H2,1-2H3,(H,15,16). The maximum absolute atomic E-state index is 11.7. The largest absolute Gasteiger partial charge is 0.481 e. The average Bonchev–Trinajstić information content (AvgIpc) is 2.63. The first-order chi connectivity index (χ1) is 8.50. The molecule has 1 heterocycles. The molecule has 18 heavy (non-hydrogen) atoms. The molecule has 0 spiro atoms. The Morgan fingerprint density at radius 1 is 1.50 bits per heavy atom. The van der Waals surface area contributed by atoms with Crippen LogP contribution in [0.1, 0.15) is 17.5 Å². The number of benzene rings is 1. The Hall–Kier alpha value is -2.04. The molecule has 1 unspecified atom stereocenters. The van der Waals surface area contributed by atoms with Crippen molar-refractivity contribution in [3.8, 4) is 0 Å². The van der Waals surface area contributed by atoms with Crippen molar-refractivity contribution < 1.29 is 19.4 Å². The second-order valence-corrected chi connectivity index (χ2v) is 4.42. The van der Waals surface area contributed by atoms with Crippen LogP contribution in [0.4, 0.5) is 10.5 Å². The number of anilines is 1. The number of carboxylic acids is 1. The zero-order valence-electron chi connectivity index (χ0n) is 10.3. The quantitative estimate of drug-likeness (QED) is 0.890. The lowest BCUT2D eigenvalue weighted by atomic mass is 10.1. The van der Waals surface area contributed by atoms with Gasteiger partial charge in [-0.2, -0.15) is 0 Å². The van der Waals surface area contributed by atoms with E-state index in [0.717, 1.165) is 16.8 Å². The molecule has 0 saturated carbocycles. The number of nitrogens with zero attached hydrogens (tertiary/aromatic N) is 1. The van der Waals surface area contributed by atoms with Crippen LogP contribution in [0.2, 0.25) is 0 Å². The molecule has 0 aromatic heterocycles. The average molecular weight is 249 g/mol. The highest BCUT2D eigenvalue weighted by Gasteiger charge is 2.36. The molecule has 0 bridgehead atoms. The van der Waals surface area contributed by atoms with Gasteiger partial charge in [-0.1, -0.05) is 12.1 Å². The number of aliphatic carboxylic acids is 1. The first-order valence-electron chi connectivity index (χ1n) is 5.74. The fraction of sp³-hybridized carbons (Fsp3) is 0.385. The lowest BCUT2D eigenvalue weighted by molar-refractivity contribution is -0.137. The Bertz CT molecular complexity index is 498. The molecule has 1 fully saturated rings. The number of rotatable bonds is 3. The van der Waals surface area contributed by atoms with Gasteiger partial charge in [0.05, 0.1) is 18.2 Å². The predicted octanol–water partition coefficient (Wildman–Crippen LogP) is 2.10. The summed E-state index contributed by atoms with van der Waals surface area (Å²) in [5, 5.41) is 8.86. The van der Waals surface area contributed by atoms with Crippen molar-refractivity contribution in [3.05, 3.63) is 29.3 Å². The van der Waals surface area contributed by atoms with Gasteiger partial charge in [-0.3, -0.25) is 9.69 Å². The van der Waals surface area contributed by atoms with E-state index in [4.69, 9.17) is 9.84 Å². The Morgan fingerprint density at radius 2 is 2.22 bits per heavy atom. The third kappa shape index (κ3) is 2.16. The SMILES string of the molecule is Cc1cccc(N2C(=O)OCC2CC(=O)O)c1C. The molecule has 0 radical (unpaired) electrons. The van der Waals surface area contributed by atoms with Gasteiger partial charge in [0.25, 0.3) is 0 Å². The number of carbonyl (C=O) groups is 2. The fourth-order valence-electron chi connectivity index (χ4n) is 2.10. The lowest BCUT2D eigenvalue weighted by Gasteiger charge is -2.22. The number of amides is 1.